The molecule has 0 radical (unpaired) electrons. The van der Waals surface area contributed by atoms with Gasteiger partial charge in [0.05, 0.1) is 13.2 Å². The molecule has 92 valence electrons. The lowest BCUT2D eigenvalue weighted by atomic mass is 9.99. The lowest BCUT2D eigenvalue weighted by Crippen LogP contribution is -2.30. The third-order valence-corrected chi connectivity index (χ3v) is 3.61. The Hall–Kier alpha value is -1.22. The van der Waals surface area contributed by atoms with E-state index in [1.807, 2.05) is 6.07 Å². The second-order valence-electron chi connectivity index (χ2n) is 4.87. The van der Waals surface area contributed by atoms with Gasteiger partial charge in [-0.05, 0) is 43.5 Å². The number of hydrogen-bond donors (Lipinski definition) is 1. The topological polar surface area (TPSA) is 30.5 Å². The number of nitrogens with one attached hydrogen (secondary N) is 1. The Bertz CT molecular complexity index is 386. The summed E-state index contributed by atoms with van der Waals surface area (Å²) in [7, 11) is 0. The number of fused-ring (bicyclic) bond motifs is 1. The van der Waals surface area contributed by atoms with Crippen molar-refractivity contribution in [3.8, 4) is 11.5 Å². The molecule has 1 fully saturated rings. The Morgan fingerprint density at radius 3 is 3.06 bits per heavy atom. The molecule has 2 heterocycles. The summed E-state index contributed by atoms with van der Waals surface area (Å²) < 4.78 is 11.4. The van der Waals surface area contributed by atoms with Gasteiger partial charge in [-0.2, -0.15) is 0 Å². The van der Waals surface area contributed by atoms with Crippen molar-refractivity contribution in [3.63, 3.8) is 0 Å². The van der Waals surface area contributed by atoms with Crippen LogP contribution in [0.25, 0.3) is 0 Å². The van der Waals surface area contributed by atoms with Gasteiger partial charge >= 0.3 is 0 Å². The molecular formula is C14H19NO2. The average Bonchev–Trinajstić information content (AvgIpc) is 2.85. The molecule has 2 aliphatic rings. The fourth-order valence-corrected chi connectivity index (χ4v) is 2.50. The van der Waals surface area contributed by atoms with Crippen molar-refractivity contribution in [2.45, 2.75) is 19.3 Å². The van der Waals surface area contributed by atoms with Crippen molar-refractivity contribution in [1.82, 2.24) is 5.32 Å². The van der Waals surface area contributed by atoms with Gasteiger partial charge in [0.15, 0.2) is 0 Å². The van der Waals surface area contributed by atoms with Crippen molar-refractivity contribution >= 4 is 0 Å². The van der Waals surface area contributed by atoms with Crippen molar-refractivity contribution in [1.29, 1.82) is 0 Å². The predicted molar refractivity (Wildman–Crippen MR) is 66.7 cm³/mol. The van der Waals surface area contributed by atoms with Crippen LogP contribution < -0.4 is 14.8 Å². The van der Waals surface area contributed by atoms with Gasteiger partial charge in [-0.1, -0.05) is 6.07 Å². The molecule has 3 rings (SSSR count). The molecule has 0 atom stereocenters. The summed E-state index contributed by atoms with van der Waals surface area (Å²) >= 11 is 0. The average molecular weight is 233 g/mol. The third kappa shape index (κ3) is 2.55. The van der Waals surface area contributed by atoms with Crippen LogP contribution in [0.5, 0.6) is 11.5 Å². The molecule has 0 bridgehead atoms. The first-order valence-corrected chi connectivity index (χ1v) is 6.51. The van der Waals surface area contributed by atoms with Gasteiger partial charge in [0, 0.05) is 12.5 Å². The van der Waals surface area contributed by atoms with Gasteiger partial charge in [0.1, 0.15) is 11.5 Å². The van der Waals surface area contributed by atoms with Crippen LogP contribution in [-0.2, 0) is 6.42 Å². The lowest BCUT2D eigenvalue weighted by molar-refractivity contribution is 0.214. The molecule has 0 amide bonds. The van der Waals surface area contributed by atoms with Crippen molar-refractivity contribution in [2.75, 3.05) is 26.3 Å². The van der Waals surface area contributed by atoms with Gasteiger partial charge < -0.3 is 14.8 Å². The van der Waals surface area contributed by atoms with Gasteiger partial charge in [-0.15, -0.1) is 0 Å². The van der Waals surface area contributed by atoms with Crippen LogP contribution in [0.2, 0.25) is 0 Å². The van der Waals surface area contributed by atoms with E-state index in [4.69, 9.17) is 9.47 Å². The van der Waals surface area contributed by atoms with E-state index >= 15 is 0 Å². The van der Waals surface area contributed by atoms with Crippen LogP contribution in [0.15, 0.2) is 18.2 Å². The highest BCUT2D eigenvalue weighted by Gasteiger charge is 2.15. The predicted octanol–water partition coefficient (Wildman–Crippen LogP) is 2.00. The molecule has 3 heteroatoms. The minimum atomic E-state index is 0.699. The molecule has 1 saturated heterocycles. The zero-order valence-electron chi connectivity index (χ0n) is 10.1. The molecule has 0 aromatic heterocycles. The van der Waals surface area contributed by atoms with E-state index in [9.17, 15) is 0 Å². The molecule has 17 heavy (non-hydrogen) atoms. The van der Waals surface area contributed by atoms with Gasteiger partial charge in [0.25, 0.3) is 0 Å². The minimum absolute atomic E-state index is 0.699. The molecule has 0 saturated carbocycles. The van der Waals surface area contributed by atoms with E-state index in [0.717, 1.165) is 44.2 Å². The molecular weight excluding hydrogens is 214 g/mol. The highest BCUT2D eigenvalue weighted by molar-refractivity contribution is 5.42. The first-order valence-electron chi connectivity index (χ1n) is 6.51. The summed E-state index contributed by atoms with van der Waals surface area (Å²) in [5.41, 5.74) is 1.30. The Morgan fingerprint density at radius 2 is 2.18 bits per heavy atom. The fraction of sp³-hybridized carbons (Fsp3) is 0.571. The number of piperidine rings is 1. The number of ether oxygens (including phenoxy) is 2. The Labute approximate surface area is 102 Å². The number of hydrogen-bond acceptors (Lipinski definition) is 3. The van der Waals surface area contributed by atoms with E-state index in [-0.39, 0.29) is 0 Å². The summed E-state index contributed by atoms with van der Waals surface area (Å²) in [4.78, 5) is 0. The molecule has 0 unspecified atom stereocenters. The summed E-state index contributed by atoms with van der Waals surface area (Å²) in [5.74, 6) is 2.66. The van der Waals surface area contributed by atoms with Crippen molar-refractivity contribution < 1.29 is 9.47 Å². The van der Waals surface area contributed by atoms with E-state index in [1.54, 1.807) is 0 Å². The van der Waals surface area contributed by atoms with Gasteiger partial charge in [0.2, 0.25) is 0 Å². The molecule has 1 aromatic rings. The van der Waals surface area contributed by atoms with E-state index in [2.05, 4.69) is 17.4 Å². The van der Waals surface area contributed by atoms with Crippen LogP contribution in [0.3, 0.4) is 0 Å². The Balaban J connectivity index is 1.57. The van der Waals surface area contributed by atoms with E-state index < -0.39 is 0 Å². The minimum Gasteiger partial charge on any atom is -0.493 e. The number of rotatable bonds is 3. The number of benzene rings is 1. The normalized spacial score (nSPS) is 19.8. The Kier molecular flexibility index (Phi) is 3.18. The van der Waals surface area contributed by atoms with Crippen molar-refractivity contribution in [3.05, 3.63) is 23.8 Å². The second-order valence-corrected chi connectivity index (χ2v) is 4.87. The maximum Gasteiger partial charge on any atom is 0.126 e. The molecule has 2 aliphatic heterocycles. The summed E-state index contributed by atoms with van der Waals surface area (Å²) in [6.07, 6.45) is 3.48. The van der Waals surface area contributed by atoms with E-state index in [0.29, 0.717) is 5.92 Å². The smallest absolute Gasteiger partial charge is 0.126 e. The lowest BCUT2D eigenvalue weighted by Gasteiger charge is -2.22. The first-order chi connectivity index (χ1) is 8.42. The molecule has 0 spiro atoms. The van der Waals surface area contributed by atoms with Crippen LogP contribution in [0, 0.1) is 5.92 Å². The first kappa shape index (κ1) is 10.9. The molecule has 1 aromatic carbocycles. The standard InChI is InChI=1S/C14H19NO2/c1-2-13(9-14-12(1)5-8-16-14)17-10-11-3-6-15-7-4-11/h1-2,9,11,15H,3-8,10H2. The summed E-state index contributed by atoms with van der Waals surface area (Å²) in [6, 6.07) is 6.22. The summed E-state index contributed by atoms with van der Waals surface area (Å²) in [6.45, 7) is 3.90. The largest absolute Gasteiger partial charge is 0.493 e. The van der Waals surface area contributed by atoms with Crippen molar-refractivity contribution in [2.24, 2.45) is 5.92 Å². The van der Waals surface area contributed by atoms with E-state index in [1.165, 1.54) is 18.4 Å². The highest BCUT2D eigenvalue weighted by atomic mass is 16.5. The maximum atomic E-state index is 5.86. The molecule has 3 nitrogen and oxygen atoms in total. The molecule has 0 aliphatic carbocycles. The second kappa shape index (κ2) is 4.96. The monoisotopic (exact) mass is 233 g/mol. The Morgan fingerprint density at radius 1 is 1.29 bits per heavy atom. The highest BCUT2D eigenvalue weighted by Crippen LogP contribution is 2.29. The van der Waals surface area contributed by atoms with Crippen LogP contribution in [0.1, 0.15) is 18.4 Å². The summed E-state index contributed by atoms with van der Waals surface area (Å²) in [5, 5.41) is 3.37. The van der Waals surface area contributed by atoms with Crippen LogP contribution in [0.4, 0.5) is 0 Å². The maximum absolute atomic E-state index is 5.86. The SMILES string of the molecule is c1cc2c(cc1OCC1CCNCC1)OCC2. The zero-order chi connectivity index (χ0) is 11.5. The van der Waals surface area contributed by atoms with Gasteiger partial charge in [-0.25, -0.2) is 0 Å². The van der Waals surface area contributed by atoms with Crippen LogP contribution >= 0.6 is 0 Å². The van der Waals surface area contributed by atoms with Crippen LogP contribution in [-0.4, -0.2) is 26.3 Å². The zero-order valence-corrected chi connectivity index (χ0v) is 10.1. The quantitative estimate of drug-likeness (QED) is 0.866. The third-order valence-electron chi connectivity index (χ3n) is 3.61. The van der Waals surface area contributed by atoms with Gasteiger partial charge in [-0.3, -0.25) is 0 Å². The molecule has 1 N–H and O–H groups in total. The fourth-order valence-electron chi connectivity index (χ4n) is 2.50.